The fourth-order valence-corrected chi connectivity index (χ4v) is 2.75. The Bertz CT molecular complexity index is 471. The molecule has 1 saturated heterocycles. The summed E-state index contributed by atoms with van der Waals surface area (Å²) < 4.78 is 12.1. The van der Waals surface area contributed by atoms with E-state index in [-0.39, 0.29) is 6.10 Å². The lowest BCUT2D eigenvalue weighted by Crippen LogP contribution is -2.32. The number of aryl methyl sites for hydroxylation is 2. The van der Waals surface area contributed by atoms with E-state index in [2.05, 4.69) is 52.1 Å². The molecule has 118 valence electrons. The number of hydrogen-bond acceptors (Lipinski definition) is 3. The van der Waals surface area contributed by atoms with Crippen molar-refractivity contribution in [2.45, 2.75) is 65.7 Å². The predicted octanol–water partition coefficient (Wildman–Crippen LogP) is 3.54. The first-order chi connectivity index (χ1) is 9.95. The van der Waals surface area contributed by atoms with Crippen molar-refractivity contribution in [1.82, 2.24) is 5.32 Å². The molecule has 0 amide bonds. The fraction of sp³-hybridized carbons (Fsp3) is 0.667. The maximum absolute atomic E-state index is 6.05. The van der Waals surface area contributed by atoms with Crippen molar-refractivity contribution in [2.24, 2.45) is 0 Å². The molecule has 3 heteroatoms. The molecule has 2 unspecified atom stereocenters. The normalized spacial score (nSPS) is 22.0. The van der Waals surface area contributed by atoms with Gasteiger partial charge >= 0.3 is 0 Å². The zero-order valence-corrected chi connectivity index (χ0v) is 14.0. The van der Waals surface area contributed by atoms with Gasteiger partial charge in [0.1, 0.15) is 12.4 Å². The molecule has 1 N–H and O–H groups in total. The zero-order chi connectivity index (χ0) is 15.4. The van der Waals surface area contributed by atoms with Gasteiger partial charge in [-0.3, -0.25) is 0 Å². The summed E-state index contributed by atoms with van der Waals surface area (Å²) in [5, 5.41) is 3.44. The SMILES string of the molecule is Cc1cc(C)c(C)c(OCC2CCC(CNC(C)C)O2)c1. The molecule has 2 atom stereocenters. The van der Waals surface area contributed by atoms with E-state index < -0.39 is 0 Å². The molecule has 1 fully saturated rings. The molecule has 21 heavy (non-hydrogen) atoms. The van der Waals surface area contributed by atoms with Gasteiger partial charge in [0.15, 0.2) is 0 Å². The van der Waals surface area contributed by atoms with Crippen molar-refractivity contribution in [3.05, 3.63) is 28.8 Å². The Hall–Kier alpha value is -1.06. The lowest BCUT2D eigenvalue weighted by atomic mass is 10.1. The standard InChI is InChI=1S/C18H29NO2/c1-12(2)19-10-16-6-7-17(21-16)11-20-18-9-13(3)8-14(4)15(18)5/h8-9,12,16-17,19H,6-7,10-11H2,1-5H3. The van der Waals surface area contributed by atoms with Gasteiger partial charge in [-0.25, -0.2) is 0 Å². The summed E-state index contributed by atoms with van der Waals surface area (Å²) in [6, 6.07) is 4.83. The topological polar surface area (TPSA) is 30.5 Å². The van der Waals surface area contributed by atoms with E-state index in [1.54, 1.807) is 0 Å². The minimum Gasteiger partial charge on any atom is -0.491 e. The Kier molecular flexibility index (Phi) is 5.65. The molecule has 3 nitrogen and oxygen atoms in total. The fourth-order valence-electron chi connectivity index (χ4n) is 2.75. The second-order valence-electron chi connectivity index (χ2n) is 6.54. The Morgan fingerprint density at radius 1 is 1.19 bits per heavy atom. The minimum absolute atomic E-state index is 0.226. The van der Waals surface area contributed by atoms with Crippen LogP contribution in [0.5, 0.6) is 5.75 Å². The van der Waals surface area contributed by atoms with Crippen LogP contribution in [0.25, 0.3) is 0 Å². The van der Waals surface area contributed by atoms with Crippen molar-refractivity contribution >= 4 is 0 Å². The van der Waals surface area contributed by atoms with Gasteiger partial charge < -0.3 is 14.8 Å². The van der Waals surface area contributed by atoms with E-state index in [1.807, 2.05) is 0 Å². The largest absolute Gasteiger partial charge is 0.491 e. The Balaban J connectivity index is 1.82. The molecule has 0 radical (unpaired) electrons. The second kappa shape index (κ2) is 7.28. The van der Waals surface area contributed by atoms with Gasteiger partial charge in [0.2, 0.25) is 0 Å². The van der Waals surface area contributed by atoms with Crippen LogP contribution >= 0.6 is 0 Å². The van der Waals surface area contributed by atoms with Crippen molar-refractivity contribution in [3.8, 4) is 5.75 Å². The van der Waals surface area contributed by atoms with E-state index in [4.69, 9.17) is 9.47 Å². The summed E-state index contributed by atoms with van der Waals surface area (Å²) in [5.74, 6) is 1.000. The molecular formula is C18H29NO2. The maximum Gasteiger partial charge on any atom is 0.122 e. The van der Waals surface area contributed by atoms with Crippen LogP contribution in [0.15, 0.2) is 12.1 Å². The summed E-state index contributed by atoms with van der Waals surface area (Å²) >= 11 is 0. The summed E-state index contributed by atoms with van der Waals surface area (Å²) in [7, 11) is 0. The van der Waals surface area contributed by atoms with Gasteiger partial charge in [-0.15, -0.1) is 0 Å². The Morgan fingerprint density at radius 3 is 2.62 bits per heavy atom. The molecule has 0 spiro atoms. The number of nitrogens with one attached hydrogen (secondary N) is 1. The lowest BCUT2D eigenvalue weighted by Gasteiger charge is -2.18. The summed E-state index contributed by atoms with van der Waals surface area (Å²) in [6.45, 7) is 12.3. The Morgan fingerprint density at radius 2 is 1.90 bits per heavy atom. The summed E-state index contributed by atoms with van der Waals surface area (Å²) in [6.07, 6.45) is 2.78. The quantitative estimate of drug-likeness (QED) is 0.869. The molecule has 1 heterocycles. The highest BCUT2D eigenvalue weighted by molar-refractivity contribution is 5.41. The Labute approximate surface area is 129 Å². The van der Waals surface area contributed by atoms with Crippen molar-refractivity contribution in [3.63, 3.8) is 0 Å². The van der Waals surface area contributed by atoms with Gasteiger partial charge in [-0.2, -0.15) is 0 Å². The molecule has 1 aliphatic heterocycles. The molecule has 0 saturated carbocycles. The maximum atomic E-state index is 6.05. The van der Waals surface area contributed by atoms with Crippen LogP contribution in [0.4, 0.5) is 0 Å². The molecule has 0 aromatic heterocycles. The third kappa shape index (κ3) is 4.72. The highest BCUT2D eigenvalue weighted by atomic mass is 16.5. The molecule has 1 aromatic carbocycles. The number of benzene rings is 1. The average molecular weight is 291 g/mol. The van der Waals surface area contributed by atoms with E-state index in [1.165, 1.54) is 16.7 Å². The summed E-state index contributed by atoms with van der Waals surface area (Å²) in [4.78, 5) is 0. The van der Waals surface area contributed by atoms with E-state index in [9.17, 15) is 0 Å². The van der Waals surface area contributed by atoms with Gasteiger partial charge in [-0.05, 0) is 56.4 Å². The van der Waals surface area contributed by atoms with E-state index in [0.29, 0.717) is 18.8 Å². The van der Waals surface area contributed by atoms with Crippen LogP contribution in [0.2, 0.25) is 0 Å². The predicted molar refractivity (Wildman–Crippen MR) is 87.2 cm³/mol. The number of hydrogen-bond donors (Lipinski definition) is 1. The van der Waals surface area contributed by atoms with Crippen molar-refractivity contribution in [2.75, 3.05) is 13.2 Å². The first kappa shape index (κ1) is 16.3. The lowest BCUT2D eigenvalue weighted by molar-refractivity contribution is 0.0177. The van der Waals surface area contributed by atoms with Crippen LogP contribution in [0.3, 0.4) is 0 Å². The highest BCUT2D eigenvalue weighted by Gasteiger charge is 2.25. The minimum atomic E-state index is 0.226. The van der Waals surface area contributed by atoms with Gasteiger partial charge in [0.25, 0.3) is 0 Å². The van der Waals surface area contributed by atoms with Crippen LogP contribution in [0.1, 0.15) is 43.4 Å². The molecular weight excluding hydrogens is 262 g/mol. The molecule has 0 bridgehead atoms. The summed E-state index contributed by atoms with van der Waals surface area (Å²) in [5.41, 5.74) is 3.77. The number of rotatable bonds is 6. The molecule has 1 aromatic rings. The zero-order valence-electron chi connectivity index (χ0n) is 14.0. The first-order valence-corrected chi connectivity index (χ1v) is 8.05. The van der Waals surface area contributed by atoms with Crippen molar-refractivity contribution in [1.29, 1.82) is 0 Å². The smallest absolute Gasteiger partial charge is 0.122 e. The van der Waals surface area contributed by atoms with Crippen LogP contribution in [-0.2, 0) is 4.74 Å². The van der Waals surface area contributed by atoms with E-state index >= 15 is 0 Å². The van der Waals surface area contributed by atoms with Gasteiger partial charge in [0.05, 0.1) is 12.2 Å². The first-order valence-electron chi connectivity index (χ1n) is 8.05. The molecule has 2 rings (SSSR count). The van der Waals surface area contributed by atoms with Crippen molar-refractivity contribution < 1.29 is 9.47 Å². The monoisotopic (exact) mass is 291 g/mol. The molecule has 1 aliphatic rings. The van der Waals surface area contributed by atoms with Gasteiger partial charge in [-0.1, -0.05) is 19.9 Å². The van der Waals surface area contributed by atoms with E-state index in [0.717, 1.165) is 25.1 Å². The number of ether oxygens (including phenoxy) is 2. The second-order valence-corrected chi connectivity index (χ2v) is 6.54. The van der Waals surface area contributed by atoms with Crippen LogP contribution in [-0.4, -0.2) is 31.4 Å². The van der Waals surface area contributed by atoms with Crippen LogP contribution < -0.4 is 10.1 Å². The van der Waals surface area contributed by atoms with Crippen LogP contribution in [0, 0.1) is 20.8 Å². The third-order valence-electron chi connectivity index (χ3n) is 4.14. The average Bonchev–Trinajstić information content (AvgIpc) is 2.87. The molecule has 0 aliphatic carbocycles. The third-order valence-corrected chi connectivity index (χ3v) is 4.14. The van der Waals surface area contributed by atoms with Gasteiger partial charge in [0, 0.05) is 12.6 Å². The highest BCUT2D eigenvalue weighted by Crippen LogP contribution is 2.25.